The molecule has 7 nitrogen and oxygen atoms in total. The van der Waals surface area contributed by atoms with E-state index in [1.54, 1.807) is 6.92 Å². The van der Waals surface area contributed by atoms with Gasteiger partial charge in [0.2, 0.25) is 0 Å². The third-order valence-electron chi connectivity index (χ3n) is 5.06. The second kappa shape index (κ2) is 8.31. The lowest BCUT2D eigenvalue weighted by atomic mass is 10.1. The maximum absolute atomic E-state index is 13.3. The zero-order chi connectivity index (χ0) is 22.2. The molecule has 1 amide bonds. The van der Waals surface area contributed by atoms with Crippen LogP contribution in [0.3, 0.4) is 0 Å². The molecule has 0 unspecified atom stereocenters. The highest BCUT2D eigenvalue weighted by molar-refractivity contribution is 7.20. The van der Waals surface area contributed by atoms with Crippen molar-refractivity contribution in [3.63, 3.8) is 0 Å². The lowest BCUT2D eigenvalue weighted by Crippen LogP contribution is -2.37. The van der Waals surface area contributed by atoms with Crippen LogP contribution in [0.25, 0.3) is 10.2 Å². The van der Waals surface area contributed by atoms with E-state index in [9.17, 15) is 18.0 Å². The molecule has 3 heterocycles. The van der Waals surface area contributed by atoms with Gasteiger partial charge in [-0.2, -0.15) is 13.2 Å². The van der Waals surface area contributed by atoms with E-state index in [0.29, 0.717) is 38.7 Å². The van der Waals surface area contributed by atoms with Gasteiger partial charge in [-0.05, 0) is 50.1 Å². The molecular weight excluding hydrogens is 431 g/mol. The first kappa shape index (κ1) is 21.3. The lowest BCUT2D eigenvalue weighted by molar-refractivity contribution is -0.137. The number of anilines is 2. The molecular formula is C20H20F3N5O2S. The van der Waals surface area contributed by atoms with Crippen molar-refractivity contribution < 1.29 is 22.7 Å². The highest BCUT2D eigenvalue weighted by atomic mass is 32.1. The first-order chi connectivity index (χ1) is 14.7. The summed E-state index contributed by atoms with van der Waals surface area (Å²) in [5.41, 5.74) is 5.59. The Hall–Kier alpha value is -2.92. The molecule has 1 aromatic carbocycles. The van der Waals surface area contributed by atoms with Crippen LogP contribution in [-0.4, -0.2) is 35.1 Å². The number of nitrogens with zero attached hydrogens (tertiary/aromatic N) is 2. The molecule has 1 aliphatic heterocycles. The molecule has 0 aliphatic carbocycles. The summed E-state index contributed by atoms with van der Waals surface area (Å²) >= 11 is 1.14. The smallest absolute Gasteiger partial charge is 0.416 e. The molecule has 0 bridgehead atoms. The van der Waals surface area contributed by atoms with E-state index >= 15 is 0 Å². The number of rotatable bonds is 5. The van der Waals surface area contributed by atoms with Gasteiger partial charge in [0.05, 0.1) is 21.5 Å². The Kier molecular flexibility index (Phi) is 5.71. The van der Waals surface area contributed by atoms with Gasteiger partial charge in [0.15, 0.2) is 0 Å². The third-order valence-corrected chi connectivity index (χ3v) is 6.27. The summed E-state index contributed by atoms with van der Waals surface area (Å²) in [5, 5.41) is 6.84. The van der Waals surface area contributed by atoms with Crippen LogP contribution in [0, 0.1) is 6.92 Å². The van der Waals surface area contributed by atoms with Crippen molar-refractivity contribution in [3.05, 3.63) is 40.5 Å². The van der Waals surface area contributed by atoms with E-state index in [2.05, 4.69) is 20.6 Å². The van der Waals surface area contributed by atoms with Crippen molar-refractivity contribution in [1.29, 1.82) is 0 Å². The summed E-state index contributed by atoms with van der Waals surface area (Å²) in [4.78, 5) is 21.0. The molecule has 164 valence electrons. The monoisotopic (exact) mass is 451 g/mol. The van der Waals surface area contributed by atoms with Crippen LogP contribution < -0.4 is 21.1 Å². The normalized spacial score (nSPS) is 17.0. The molecule has 31 heavy (non-hydrogen) atoms. The first-order valence-electron chi connectivity index (χ1n) is 9.63. The van der Waals surface area contributed by atoms with Crippen molar-refractivity contribution in [2.45, 2.75) is 32.0 Å². The highest BCUT2D eigenvalue weighted by Gasteiger charge is 2.32. The zero-order valence-corrected chi connectivity index (χ0v) is 17.4. The molecule has 1 atom stereocenters. The number of carbonyl (C=O) groups is 1. The Bertz CT molecular complexity index is 1130. The number of piperidine rings is 1. The fourth-order valence-electron chi connectivity index (χ4n) is 3.53. The molecule has 4 N–H and O–H groups in total. The van der Waals surface area contributed by atoms with Crippen LogP contribution in [0.1, 0.15) is 33.6 Å². The average molecular weight is 451 g/mol. The van der Waals surface area contributed by atoms with Crippen LogP contribution in [0.4, 0.5) is 24.7 Å². The van der Waals surface area contributed by atoms with E-state index in [-0.39, 0.29) is 11.9 Å². The number of hydrogen-bond acceptors (Lipinski definition) is 7. The second-order valence-electron chi connectivity index (χ2n) is 7.24. The molecule has 1 fully saturated rings. The number of nitrogens with two attached hydrogens (primary N) is 1. The zero-order valence-electron chi connectivity index (χ0n) is 16.5. The minimum atomic E-state index is -4.50. The van der Waals surface area contributed by atoms with Gasteiger partial charge in [-0.1, -0.05) is 0 Å². The maximum Gasteiger partial charge on any atom is 0.416 e. The van der Waals surface area contributed by atoms with Gasteiger partial charge in [-0.25, -0.2) is 9.97 Å². The number of amides is 1. The molecule has 2 aromatic heterocycles. The van der Waals surface area contributed by atoms with Crippen LogP contribution in [0.2, 0.25) is 0 Å². The second-order valence-corrected chi connectivity index (χ2v) is 8.24. The number of aryl methyl sites for hydroxylation is 1. The summed E-state index contributed by atoms with van der Waals surface area (Å²) in [6, 6.07) is 3.30. The molecule has 3 aromatic rings. The number of aromatic nitrogens is 2. The van der Waals surface area contributed by atoms with Gasteiger partial charge in [0.1, 0.15) is 28.8 Å². The Labute approximate surface area is 179 Å². The molecule has 11 heteroatoms. The van der Waals surface area contributed by atoms with E-state index in [4.69, 9.17) is 10.5 Å². The first-order valence-corrected chi connectivity index (χ1v) is 10.4. The van der Waals surface area contributed by atoms with Gasteiger partial charge >= 0.3 is 6.18 Å². The van der Waals surface area contributed by atoms with Gasteiger partial charge in [-0.3, -0.25) is 4.79 Å². The number of halogens is 3. The minimum Gasteiger partial charge on any atom is -0.487 e. The Morgan fingerprint density at radius 3 is 2.84 bits per heavy atom. The fraction of sp³-hybridized carbons (Fsp3) is 0.350. The molecule has 0 spiro atoms. The predicted octanol–water partition coefficient (Wildman–Crippen LogP) is 3.99. The van der Waals surface area contributed by atoms with Gasteiger partial charge < -0.3 is 21.1 Å². The van der Waals surface area contributed by atoms with Crippen molar-refractivity contribution in [2.24, 2.45) is 5.73 Å². The summed E-state index contributed by atoms with van der Waals surface area (Å²) in [7, 11) is 0. The van der Waals surface area contributed by atoms with Crippen molar-refractivity contribution in [1.82, 2.24) is 15.3 Å². The van der Waals surface area contributed by atoms with Crippen molar-refractivity contribution in [3.8, 4) is 5.75 Å². The Morgan fingerprint density at radius 1 is 1.35 bits per heavy atom. The number of benzene rings is 1. The average Bonchev–Trinajstić information content (AvgIpc) is 3.07. The van der Waals surface area contributed by atoms with E-state index in [1.807, 2.05) is 0 Å². The Balaban J connectivity index is 1.74. The van der Waals surface area contributed by atoms with Crippen LogP contribution >= 0.6 is 11.3 Å². The summed E-state index contributed by atoms with van der Waals surface area (Å²) in [6.07, 6.45) is -1.80. The molecule has 1 aliphatic rings. The topological polar surface area (TPSA) is 102 Å². The maximum atomic E-state index is 13.3. The molecule has 0 radical (unpaired) electrons. The third kappa shape index (κ3) is 4.42. The number of ether oxygens (including phenoxy) is 1. The summed E-state index contributed by atoms with van der Waals surface area (Å²) in [6.45, 7) is 3.14. The van der Waals surface area contributed by atoms with Crippen molar-refractivity contribution in [2.75, 3.05) is 18.4 Å². The SMILES string of the molecule is Cc1c(C(N)=O)sc2ncnc(Nc3ccc(C(F)(F)F)cc3O[C@H]3CCCNC3)c12. The number of primary amides is 1. The fourth-order valence-corrected chi connectivity index (χ4v) is 4.53. The minimum absolute atomic E-state index is 0.0818. The molecule has 0 saturated carbocycles. The highest BCUT2D eigenvalue weighted by Crippen LogP contribution is 2.39. The summed E-state index contributed by atoms with van der Waals surface area (Å²) < 4.78 is 45.8. The van der Waals surface area contributed by atoms with Crippen molar-refractivity contribution >= 4 is 39.0 Å². The Morgan fingerprint density at radius 2 is 2.16 bits per heavy atom. The van der Waals surface area contributed by atoms with E-state index in [1.165, 1.54) is 12.4 Å². The van der Waals surface area contributed by atoms with Gasteiger partial charge in [0.25, 0.3) is 5.91 Å². The lowest BCUT2D eigenvalue weighted by Gasteiger charge is -2.25. The van der Waals surface area contributed by atoms with Crippen LogP contribution in [-0.2, 0) is 6.18 Å². The molecule has 4 rings (SSSR count). The standard InChI is InChI=1S/C20H20F3N5O2S/c1-10-15-18(26-9-27-19(15)31-16(10)17(24)29)28-13-5-4-11(20(21,22)23)7-14(13)30-12-3-2-6-25-8-12/h4-5,7,9,12,25H,2-3,6,8H2,1H3,(H2,24,29)(H,26,27,28)/t12-/m0/s1. The van der Waals surface area contributed by atoms with Gasteiger partial charge in [0, 0.05) is 6.54 Å². The van der Waals surface area contributed by atoms with E-state index in [0.717, 1.165) is 42.9 Å². The number of thiophene rings is 1. The van der Waals surface area contributed by atoms with Crippen LogP contribution in [0.5, 0.6) is 5.75 Å². The number of fused-ring (bicyclic) bond motifs is 1. The molecule has 1 saturated heterocycles. The summed E-state index contributed by atoms with van der Waals surface area (Å²) in [5.74, 6) is -0.134. The number of carbonyl (C=O) groups excluding carboxylic acids is 1. The number of hydrogen-bond donors (Lipinski definition) is 3. The van der Waals surface area contributed by atoms with Gasteiger partial charge in [-0.15, -0.1) is 11.3 Å². The van der Waals surface area contributed by atoms with Crippen LogP contribution in [0.15, 0.2) is 24.5 Å². The number of alkyl halides is 3. The largest absolute Gasteiger partial charge is 0.487 e. The van der Waals surface area contributed by atoms with E-state index < -0.39 is 17.6 Å². The predicted molar refractivity (Wildman–Crippen MR) is 112 cm³/mol. The quantitative estimate of drug-likeness (QED) is 0.542. The number of nitrogens with one attached hydrogen (secondary N) is 2.